The van der Waals surface area contributed by atoms with Crippen molar-refractivity contribution in [3.05, 3.63) is 28.0 Å². The molecule has 2 amide bonds. The van der Waals surface area contributed by atoms with Crippen LogP contribution in [-0.4, -0.2) is 90.6 Å². The Labute approximate surface area is 234 Å². The summed E-state index contributed by atoms with van der Waals surface area (Å²) in [6, 6.07) is -0.981. The van der Waals surface area contributed by atoms with Gasteiger partial charge in [-0.15, -0.1) is 23.1 Å². The van der Waals surface area contributed by atoms with Crippen molar-refractivity contribution in [2.75, 3.05) is 36.7 Å². The molecule has 1 fully saturated rings. The third kappa shape index (κ3) is 5.39. The van der Waals surface area contributed by atoms with Gasteiger partial charge in [0, 0.05) is 23.9 Å². The van der Waals surface area contributed by atoms with Crippen molar-refractivity contribution in [3.63, 3.8) is 0 Å². The van der Waals surface area contributed by atoms with Crippen LogP contribution in [-0.2, 0) is 31.0 Å². The highest BCUT2D eigenvalue weighted by Gasteiger charge is 2.54. The Balaban J connectivity index is 1.49. The maximum absolute atomic E-state index is 13.0. The van der Waals surface area contributed by atoms with Crippen molar-refractivity contribution in [1.82, 2.24) is 24.8 Å². The van der Waals surface area contributed by atoms with Gasteiger partial charge in [0.15, 0.2) is 21.7 Å². The number of fused-ring (bicyclic) bond motifs is 1. The molecule has 2 aliphatic heterocycles. The number of esters is 1. The average Bonchev–Trinajstić information content (AvgIpc) is 3.46. The monoisotopic (exact) mass is 596 g/mol. The highest BCUT2D eigenvalue weighted by molar-refractivity contribution is 8.01. The number of carboxylic acid groups (broad SMARTS) is 1. The Bertz CT molecular complexity index is 1400. The molecule has 6 N–H and O–H groups in total. The summed E-state index contributed by atoms with van der Waals surface area (Å²) in [6.45, 7) is 1.83. The van der Waals surface area contributed by atoms with Crippen LogP contribution in [0, 0.1) is 0 Å². The molecule has 2 aliphatic rings. The maximum Gasteiger partial charge on any atom is 0.360 e. The van der Waals surface area contributed by atoms with Crippen LogP contribution in [0.4, 0.5) is 10.9 Å². The van der Waals surface area contributed by atoms with E-state index < -0.39 is 35.2 Å². The lowest BCUT2D eigenvalue weighted by atomic mass is 10.0. The highest BCUT2D eigenvalue weighted by Crippen LogP contribution is 2.41. The fourth-order valence-electron chi connectivity index (χ4n) is 3.82. The number of ether oxygens (including phenoxy) is 1. The normalized spacial score (nSPS) is 18.9. The highest BCUT2D eigenvalue weighted by atomic mass is 32.2. The summed E-state index contributed by atoms with van der Waals surface area (Å²) < 4.78 is 6.47. The van der Waals surface area contributed by atoms with Gasteiger partial charge in [0.1, 0.15) is 35.7 Å². The summed E-state index contributed by atoms with van der Waals surface area (Å²) in [7, 11) is 2.88. The topological polar surface area (TPSA) is 217 Å². The van der Waals surface area contributed by atoms with E-state index in [1.165, 1.54) is 40.6 Å². The van der Waals surface area contributed by atoms with Gasteiger partial charge in [-0.2, -0.15) is 0 Å². The Morgan fingerprint density at radius 2 is 2.08 bits per heavy atom. The van der Waals surface area contributed by atoms with Crippen LogP contribution < -0.4 is 16.8 Å². The van der Waals surface area contributed by atoms with E-state index in [4.69, 9.17) is 21.0 Å². The van der Waals surface area contributed by atoms with E-state index >= 15 is 0 Å². The molecule has 208 valence electrons. The lowest BCUT2D eigenvalue weighted by molar-refractivity contribution is -0.150. The van der Waals surface area contributed by atoms with E-state index in [2.05, 4.69) is 20.4 Å². The number of aromatic nitrogens is 3. The zero-order valence-electron chi connectivity index (χ0n) is 20.9. The number of hydrogen-bond donors (Lipinski definition) is 4. The van der Waals surface area contributed by atoms with Crippen LogP contribution in [0.15, 0.2) is 27.0 Å². The number of carbonyl (C=O) groups excluding carboxylic acids is 3. The number of thioether (sulfide) groups is 2. The van der Waals surface area contributed by atoms with Gasteiger partial charge in [-0.3, -0.25) is 14.5 Å². The van der Waals surface area contributed by atoms with E-state index in [1.54, 1.807) is 14.0 Å². The first-order valence-corrected chi connectivity index (χ1v) is 14.2. The quantitative estimate of drug-likeness (QED) is 0.0941. The van der Waals surface area contributed by atoms with Crippen LogP contribution in [0.1, 0.15) is 23.1 Å². The number of nitrogens with two attached hydrogens (primary N) is 2. The molecule has 2 aromatic heterocycles. The summed E-state index contributed by atoms with van der Waals surface area (Å²) in [5, 5.41) is 17.7. The minimum absolute atomic E-state index is 0.0272. The van der Waals surface area contributed by atoms with Gasteiger partial charge in [-0.1, -0.05) is 16.9 Å². The molecule has 0 radical (unpaired) electrons. The van der Waals surface area contributed by atoms with Crippen molar-refractivity contribution in [2.45, 2.75) is 23.5 Å². The number of rotatable bonds is 10. The van der Waals surface area contributed by atoms with Gasteiger partial charge in [-0.05, 0) is 12.5 Å². The molecule has 0 aliphatic carbocycles. The SMILES string of the molecule is CCOC(=O)c1nc(SCC2=C(C(=O)O)N3C(=O)[C@@H](NC(=O)/C(=N\OC)c4csc(N)n4)[C@@H]3SC2)n(C)c1N. The average molecular weight is 597 g/mol. The molecule has 18 heteroatoms. The zero-order chi connectivity index (χ0) is 28.4. The fourth-order valence-corrected chi connectivity index (χ4v) is 6.83. The van der Waals surface area contributed by atoms with E-state index in [0.717, 1.165) is 16.2 Å². The van der Waals surface area contributed by atoms with Crippen LogP contribution in [0.5, 0.6) is 0 Å². The summed E-state index contributed by atoms with van der Waals surface area (Å²) in [5.74, 6) is -2.66. The number of nitrogens with zero attached hydrogens (tertiary/aromatic N) is 5. The molecular formula is C21H24N8O7S3. The van der Waals surface area contributed by atoms with Gasteiger partial charge < -0.3 is 36.0 Å². The number of oxime groups is 1. The molecule has 0 saturated carbocycles. The van der Waals surface area contributed by atoms with E-state index in [9.17, 15) is 24.3 Å². The summed E-state index contributed by atoms with van der Waals surface area (Å²) in [5.41, 5.74) is 11.9. The van der Waals surface area contributed by atoms with Crippen molar-refractivity contribution < 1.29 is 33.9 Å². The molecule has 39 heavy (non-hydrogen) atoms. The number of thiazole rings is 1. The number of anilines is 2. The molecule has 15 nitrogen and oxygen atoms in total. The molecule has 0 aromatic carbocycles. The lowest BCUT2D eigenvalue weighted by Gasteiger charge is -2.49. The molecular weight excluding hydrogens is 572 g/mol. The molecule has 4 rings (SSSR count). The van der Waals surface area contributed by atoms with E-state index in [0.29, 0.717) is 10.7 Å². The fraction of sp³-hybridized carbons (Fsp3) is 0.381. The smallest absolute Gasteiger partial charge is 0.360 e. The first-order chi connectivity index (χ1) is 18.6. The van der Waals surface area contributed by atoms with Crippen LogP contribution >= 0.6 is 34.9 Å². The van der Waals surface area contributed by atoms with Crippen LogP contribution in [0.3, 0.4) is 0 Å². The number of carbonyl (C=O) groups is 4. The Kier molecular flexibility index (Phi) is 8.36. The Hall–Kier alpha value is -3.77. The molecule has 2 atom stereocenters. The number of carboxylic acids is 1. The summed E-state index contributed by atoms with van der Waals surface area (Å²) >= 11 is 3.58. The second-order valence-corrected chi connectivity index (χ2v) is 10.9. The molecule has 0 spiro atoms. The first-order valence-electron chi connectivity index (χ1n) is 11.2. The van der Waals surface area contributed by atoms with Crippen molar-refractivity contribution in [2.24, 2.45) is 12.2 Å². The number of aliphatic carboxylic acids is 1. The number of β-lactam (4-membered cyclic amide) rings is 1. The Morgan fingerprint density at radius 1 is 1.33 bits per heavy atom. The van der Waals surface area contributed by atoms with Crippen LogP contribution in [0.25, 0.3) is 0 Å². The minimum atomic E-state index is -1.28. The summed E-state index contributed by atoms with van der Waals surface area (Å²) in [6.07, 6.45) is 0. The molecule has 0 unspecified atom stereocenters. The third-order valence-corrected chi connectivity index (χ3v) is 8.77. The number of hydrogen-bond acceptors (Lipinski definition) is 14. The number of nitrogens with one attached hydrogen (secondary N) is 1. The molecule has 2 aromatic rings. The Morgan fingerprint density at radius 3 is 2.69 bits per heavy atom. The molecule has 0 bridgehead atoms. The van der Waals surface area contributed by atoms with Crippen molar-refractivity contribution >= 4 is 75.3 Å². The molecule has 4 heterocycles. The minimum Gasteiger partial charge on any atom is -0.477 e. The van der Waals surface area contributed by atoms with Gasteiger partial charge in [0.25, 0.3) is 11.8 Å². The largest absolute Gasteiger partial charge is 0.477 e. The number of imidazole rings is 1. The van der Waals surface area contributed by atoms with Gasteiger partial charge in [-0.25, -0.2) is 19.6 Å². The third-order valence-electron chi connectivity index (χ3n) is 5.64. The summed E-state index contributed by atoms with van der Waals surface area (Å²) in [4.78, 5) is 64.4. The van der Waals surface area contributed by atoms with E-state index in [-0.39, 0.29) is 51.9 Å². The van der Waals surface area contributed by atoms with Crippen molar-refractivity contribution in [1.29, 1.82) is 0 Å². The predicted molar refractivity (Wildman–Crippen MR) is 144 cm³/mol. The first kappa shape index (κ1) is 28.2. The van der Waals surface area contributed by atoms with Gasteiger partial charge >= 0.3 is 11.9 Å². The maximum atomic E-state index is 13.0. The zero-order valence-corrected chi connectivity index (χ0v) is 23.3. The predicted octanol–water partition coefficient (Wildman–Crippen LogP) is 0.0991. The van der Waals surface area contributed by atoms with Crippen molar-refractivity contribution in [3.8, 4) is 0 Å². The lowest BCUT2D eigenvalue weighted by Crippen LogP contribution is -2.71. The number of amides is 2. The van der Waals surface area contributed by atoms with E-state index in [1.807, 2.05) is 0 Å². The second kappa shape index (κ2) is 11.5. The van der Waals surface area contributed by atoms with Crippen LogP contribution in [0.2, 0.25) is 0 Å². The number of nitrogen functional groups attached to an aromatic ring is 2. The molecule has 1 saturated heterocycles. The second-order valence-electron chi connectivity index (χ2n) is 8.01. The van der Waals surface area contributed by atoms with Gasteiger partial charge in [0.2, 0.25) is 0 Å². The van der Waals surface area contributed by atoms with Gasteiger partial charge in [0.05, 0.1) is 6.61 Å². The standard InChI is InChI=1S/C21H24N8O7S3/c1-4-36-19(34)11-14(22)28(2)21(26-11)39-6-8-5-37-17-12(16(31)29(17)13(8)18(32)33)25-15(30)10(27-35-3)9-7-38-20(23)24-9/h7,12,17H,4-6,22H2,1-3H3,(H2,23,24)(H,25,30)(H,32,33)/b27-10-/t12-,17+/m1/s1.